The van der Waals surface area contributed by atoms with E-state index in [-0.39, 0.29) is 11.4 Å². The Balaban J connectivity index is 1.87. The van der Waals surface area contributed by atoms with Crippen LogP contribution in [0.15, 0.2) is 23.8 Å². The van der Waals surface area contributed by atoms with Crippen LogP contribution in [0.1, 0.15) is 37.6 Å². The molecule has 0 atom stereocenters. The van der Waals surface area contributed by atoms with Gasteiger partial charge in [-0.05, 0) is 37.7 Å². The minimum atomic E-state index is -0.342. The molecular formula is C15H18FN3S. The average molecular weight is 291 g/mol. The van der Waals surface area contributed by atoms with E-state index < -0.39 is 0 Å². The van der Waals surface area contributed by atoms with E-state index in [9.17, 15) is 4.39 Å². The van der Waals surface area contributed by atoms with E-state index in [1.807, 2.05) is 5.38 Å². The van der Waals surface area contributed by atoms with E-state index in [0.29, 0.717) is 5.56 Å². The number of rotatable bonds is 2. The maximum Gasteiger partial charge on any atom is 0.142 e. The highest BCUT2D eigenvalue weighted by molar-refractivity contribution is 7.10. The van der Waals surface area contributed by atoms with Gasteiger partial charge in [0.1, 0.15) is 10.8 Å². The summed E-state index contributed by atoms with van der Waals surface area (Å²) in [4.78, 5) is 8.50. The van der Waals surface area contributed by atoms with E-state index in [2.05, 4.69) is 16.9 Å². The SMILES string of the molecule is CC1CCC(N)(c2nc(-c3cncc(F)c3)cs2)CC1. The van der Waals surface area contributed by atoms with E-state index in [4.69, 9.17) is 5.73 Å². The molecule has 0 spiro atoms. The number of nitrogens with zero attached hydrogens (tertiary/aromatic N) is 2. The maximum atomic E-state index is 13.2. The van der Waals surface area contributed by atoms with Gasteiger partial charge in [0.05, 0.1) is 17.4 Å². The smallest absolute Gasteiger partial charge is 0.142 e. The van der Waals surface area contributed by atoms with Gasteiger partial charge in [0.15, 0.2) is 0 Å². The molecule has 20 heavy (non-hydrogen) atoms. The normalized spacial score (nSPS) is 26.6. The summed E-state index contributed by atoms with van der Waals surface area (Å²) in [7, 11) is 0. The molecule has 3 nitrogen and oxygen atoms in total. The summed E-state index contributed by atoms with van der Waals surface area (Å²) < 4.78 is 13.2. The molecule has 1 aliphatic carbocycles. The van der Waals surface area contributed by atoms with Crippen LogP contribution in [0, 0.1) is 11.7 Å². The standard InChI is InChI=1S/C15H18FN3S/c1-10-2-4-15(17,5-3-10)14-19-13(9-20-14)11-6-12(16)8-18-7-11/h6-10H,2-5,17H2,1H3. The van der Waals surface area contributed by atoms with Crippen LogP contribution >= 0.6 is 11.3 Å². The Morgan fingerprint density at radius 3 is 2.80 bits per heavy atom. The van der Waals surface area contributed by atoms with Crippen LogP contribution in [0.2, 0.25) is 0 Å². The Morgan fingerprint density at radius 2 is 2.10 bits per heavy atom. The summed E-state index contributed by atoms with van der Waals surface area (Å²) >= 11 is 1.57. The fraction of sp³-hybridized carbons (Fsp3) is 0.467. The van der Waals surface area contributed by atoms with Crippen molar-refractivity contribution in [2.45, 2.75) is 38.1 Å². The number of hydrogen-bond acceptors (Lipinski definition) is 4. The van der Waals surface area contributed by atoms with Crippen LogP contribution in [-0.4, -0.2) is 9.97 Å². The first-order chi connectivity index (χ1) is 9.57. The Bertz CT molecular complexity index is 603. The molecule has 0 bridgehead atoms. The van der Waals surface area contributed by atoms with Gasteiger partial charge >= 0.3 is 0 Å². The van der Waals surface area contributed by atoms with Gasteiger partial charge in [-0.3, -0.25) is 4.98 Å². The van der Waals surface area contributed by atoms with Gasteiger partial charge in [0.25, 0.3) is 0 Å². The van der Waals surface area contributed by atoms with E-state index in [0.717, 1.165) is 42.3 Å². The highest BCUT2D eigenvalue weighted by atomic mass is 32.1. The second-order valence-corrected chi connectivity index (χ2v) is 6.63. The van der Waals surface area contributed by atoms with Crippen molar-refractivity contribution in [2.75, 3.05) is 0 Å². The molecule has 3 rings (SSSR count). The molecule has 2 aromatic rings. The second-order valence-electron chi connectivity index (χ2n) is 5.77. The molecule has 0 radical (unpaired) electrons. The molecule has 5 heteroatoms. The molecule has 106 valence electrons. The van der Waals surface area contributed by atoms with Gasteiger partial charge in [0, 0.05) is 17.1 Å². The van der Waals surface area contributed by atoms with Crippen molar-refractivity contribution in [3.8, 4) is 11.3 Å². The van der Waals surface area contributed by atoms with Crippen molar-refractivity contribution in [3.63, 3.8) is 0 Å². The largest absolute Gasteiger partial charge is 0.319 e. The van der Waals surface area contributed by atoms with Crippen LogP contribution in [0.25, 0.3) is 11.3 Å². The first-order valence-electron chi connectivity index (χ1n) is 6.93. The number of halogens is 1. The Labute approximate surface area is 122 Å². The highest BCUT2D eigenvalue weighted by Crippen LogP contribution is 2.39. The summed E-state index contributed by atoms with van der Waals surface area (Å²) in [5.41, 5.74) is 7.69. The zero-order valence-electron chi connectivity index (χ0n) is 11.5. The monoisotopic (exact) mass is 291 g/mol. The lowest BCUT2D eigenvalue weighted by Gasteiger charge is -2.34. The Kier molecular flexibility index (Phi) is 3.56. The Hall–Kier alpha value is -1.33. The third kappa shape index (κ3) is 2.60. The Morgan fingerprint density at radius 1 is 1.35 bits per heavy atom. The van der Waals surface area contributed by atoms with Crippen LogP contribution in [0.3, 0.4) is 0 Å². The zero-order chi connectivity index (χ0) is 14.2. The number of nitrogens with two attached hydrogens (primary N) is 1. The molecule has 1 aliphatic rings. The number of thiazole rings is 1. The number of hydrogen-bond donors (Lipinski definition) is 1. The minimum absolute atomic E-state index is 0.309. The summed E-state index contributed by atoms with van der Waals surface area (Å²) in [6.07, 6.45) is 7.07. The van der Waals surface area contributed by atoms with Crippen LogP contribution in [0.5, 0.6) is 0 Å². The van der Waals surface area contributed by atoms with Crippen molar-refractivity contribution in [2.24, 2.45) is 11.7 Å². The highest BCUT2D eigenvalue weighted by Gasteiger charge is 2.34. The second kappa shape index (κ2) is 5.22. The summed E-state index contributed by atoms with van der Waals surface area (Å²) in [5, 5.41) is 2.90. The first kappa shape index (κ1) is 13.6. The van der Waals surface area contributed by atoms with Gasteiger partial charge < -0.3 is 5.73 Å². The van der Waals surface area contributed by atoms with Crippen molar-refractivity contribution in [1.29, 1.82) is 0 Å². The summed E-state index contributed by atoms with van der Waals surface area (Å²) in [6.45, 7) is 2.27. The molecule has 0 aromatic carbocycles. The van der Waals surface area contributed by atoms with E-state index >= 15 is 0 Å². The number of pyridine rings is 1. The zero-order valence-corrected chi connectivity index (χ0v) is 12.3. The van der Waals surface area contributed by atoms with Gasteiger partial charge in [0.2, 0.25) is 0 Å². The van der Waals surface area contributed by atoms with E-state index in [1.165, 1.54) is 12.3 Å². The fourth-order valence-corrected chi connectivity index (χ4v) is 3.68. The van der Waals surface area contributed by atoms with Crippen molar-refractivity contribution < 1.29 is 4.39 Å². The topological polar surface area (TPSA) is 51.8 Å². The van der Waals surface area contributed by atoms with Gasteiger partial charge in [-0.1, -0.05) is 6.92 Å². The molecule has 0 unspecified atom stereocenters. The van der Waals surface area contributed by atoms with Crippen molar-refractivity contribution in [3.05, 3.63) is 34.7 Å². The minimum Gasteiger partial charge on any atom is -0.319 e. The van der Waals surface area contributed by atoms with Crippen molar-refractivity contribution >= 4 is 11.3 Å². The average Bonchev–Trinajstić information content (AvgIpc) is 2.93. The molecule has 2 N–H and O–H groups in total. The lowest BCUT2D eigenvalue weighted by molar-refractivity contribution is 0.247. The third-order valence-electron chi connectivity index (χ3n) is 4.10. The van der Waals surface area contributed by atoms with Gasteiger partial charge in [-0.25, -0.2) is 9.37 Å². The lowest BCUT2D eigenvalue weighted by atomic mass is 9.78. The van der Waals surface area contributed by atoms with Crippen LogP contribution in [0.4, 0.5) is 4.39 Å². The fourth-order valence-electron chi connectivity index (χ4n) is 2.68. The predicted molar refractivity (Wildman–Crippen MR) is 78.8 cm³/mol. The summed E-state index contributed by atoms with van der Waals surface area (Å²) in [6, 6.07) is 1.46. The molecule has 1 saturated carbocycles. The molecule has 2 aromatic heterocycles. The lowest BCUT2D eigenvalue weighted by Crippen LogP contribution is -2.40. The number of aromatic nitrogens is 2. The molecule has 0 saturated heterocycles. The quantitative estimate of drug-likeness (QED) is 0.917. The molecular weight excluding hydrogens is 273 g/mol. The van der Waals surface area contributed by atoms with Crippen LogP contribution < -0.4 is 5.73 Å². The molecule has 2 heterocycles. The van der Waals surface area contributed by atoms with E-state index in [1.54, 1.807) is 17.5 Å². The molecule has 0 aliphatic heterocycles. The first-order valence-corrected chi connectivity index (χ1v) is 7.81. The maximum absolute atomic E-state index is 13.2. The predicted octanol–water partition coefficient (Wildman–Crippen LogP) is 3.71. The summed E-state index contributed by atoms with van der Waals surface area (Å²) in [5.74, 6) is 0.407. The van der Waals surface area contributed by atoms with Crippen LogP contribution in [-0.2, 0) is 5.54 Å². The molecule has 1 fully saturated rings. The third-order valence-corrected chi connectivity index (χ3v) is 5.16. The molecule has 0 amide bonds. The van der Waals surface area contributed by atoms with Gasteiger partial charge in [-0.2, -0.15) is 0 Å². The van der Waals surface area contributed by atoms with Gasteiger partial charge in [-0.15, -0.1) is 11.3 Å². The van der Waals surface area contributed by atoms with Crippen molar-refractivity contribution in [1.82, 2.24) is 9.97 Å².